The Morgan fingerprint density at radius 3 is 2.81 bits per heavy atom. The average molecular weight is 229 g/mol. The van der Waals surface area contributed by atoms with Crippen LogP contribution in [0.4, 0.5) is 0 Å². The Morgan fingerprint density at radius 2 is 2.25 bits per heavy atom. The second-order valence-corrected chi connectivity index (χ2v) is 4.48. The van der Waals surface area contributed by atoms with Crippen molar-refractivity contribution >= 4 is 5.97 Å². The molecule has 16 heavy (non-hydrogen) atoms. The highest BCUT2D eigenvalue weighted by molar-refractivity contribution is 5.71. The van der Waals surface area contributed by atoms with Gasteiger partial charge in [-0.05, 0) is 26.3 Å². The summed E-state index contributed by atoms with van der Waals surface area (Å²) in [5.74, 6) is -0.863. The number of nitrogens with zero attached hydrogens (tertiary/aromatic N) is 1. The van der Waals surface area contributed by atoms with Crippen molar-refractivity contribution in [2.75, 3.05) is 26.3 Å². The lowest BCUT2D eigenvalue weighted by Crippen LogP contribution is -2.35. The summed E-state index contributed by atoms with van der Waals surface area (Å²) in [7, 11) is 0. The van der Waals surface area contributed by atoms with Crippen LogP contribution in [0.15, 0.2) is 0 Å². The fourth-order valence-electron chi connectivity index (χ4n) is 2.18. The monoisotopic (exact) mass is 229 g/mol. The molecular weight excluding hydrogens is 206 g/mol. The molecule has 2 atom stereocenters. The molecule has 1 fully saturated rings. The molecule has 1 aliphatic heterocycles. The van der Waals surface area contributed by atoms with Gasteiger partial charge in [0.05, 0.1) is 12.5 Å². The molecule has 0 bridgehead atoms. The molecule has 4 nitrogen and oxygen atoms in total. The van der Waals surface area contributed by atoms with Crippen molar-refractivity contribution in [2.24, 2.45) is 5.92 Å². The molecule has 0 aromatic heterocycles. The maximum Gasteiger partial charge on any atom is 0.308 e. The van der Waals surface area contributed by atoms with Gasteiger partial charge in [-0.15, -0.1) is 0 Å². The van der Waals surface area contributed by atoms with Gasteiger partial charge in [0.25, 0.3) is 0 Å². The fourth-order valence-corrected chi connectivity index (χ4v) is 2.18. The molecule has 0 aromatic carbocycles. The SMILES string of the molecule is CCCCOCCN1CCC(C(=O)O)C1C. The molecule has 0 spiro atoms. The first-order valence-corrected chi connectivity index (χ1v) is 6.21. The number of hydrogen-bond acceptors (Lipinski definition) is 3. The molecule has 0 aliphatic carbocycles. The van der Waals surface area contributed by atoms with E-state index in [0.717, 1.165) is 45.6 Å². The molecule has 1 saturated heterocycles. The van der Waals surface area contributed by atoms with Gasteiger partial charge in [-0.2, -0.15) is 0 Å². The number of likely N-dealkylation sites (tertiary alicyclic amines) is 1. The highest BCUT2D eigenvalue weighted by Gasteiger charge is 2.34. The zero-order valence-electron chi connectivity index (χ0n) is 10.3. The summed E-state index contributed by atoms with van der Waals surface area (Å²) in [6.45, 7) is 7.42. The lowest BCUT2D eigenvalue weighted by Gasteiger charge is -2.22. The smallest absolute Gasteiger partial charge is 0.308 e. The van der Waals surface area contributed by atoms with E-state index in [9.17, 15) is 4.79 Å². The topological polar surface area (TPSA) is 49.8 Å². The minimum absolute atomic E-state index is 0.146. The van der Waals surface area contributed by atoms with Crippen LogP contribution in [-0.2, 0) is 9.53 Å². The van der Waals surface area contributed by atoms with Gasteiger partial charge in [-0.1, -0.05) is 13.3 Å². The van der Waals surface area contributed by atoms with E-state index in [1.165, 1.54) is 0 Å². The number of rotatable bonds is 7. The summed E-state index contributed by atoms with van der Waals surface area (Å²) in [4.78, 5) is 13.1. The normalized spacial score (nSPS) is 26.1. The highest BCUT2D eigenvalue weighted by Crippen LogP contribution is 2.23. The maximum atomic E-state index is 10.9. The van der Waals surface area contributed by atoms with Gasteiger partial charge in [-0.25, -0.2) is 0 Å². The summed E-state index contributed by atoms with van der Waals surface area (Å²) in [6, 6.07) is 0.146. The fraction of sp³-hybridized carbons (Fsp3) is 0.917. The molecule has 0 saturated carbocycles. The molecule has 1 rings (SSSR count). The van der Waals surface area contributed by atoms with E-state index in [-0.39, 0.29) is 12.0 Å². The molecule has 0 aromatic rings. The summed E-state index contributed by atoms with van der Waals surface area (Å²) in [6.07, 6.45) is 3.03. The lowest BCUT2D eigenvalue weighted by atomic mass is 10.0. The van der Waals surface area contributed by atoms with Crippen LogP contribution in [0.3, 0.4) is 0 Å². The van der Waals surface area contributed by atoms with Crippen LogP contribution < -0.4 is 0 Å². The lowest BCUT2D eigenvalue weighted by molar-refractivity contribution is -0.142. The van der Waals surface area contributed by atoms with E-state index in [2.05, 4.69) is 11.8 Å². The predicted molar refractivity (Wildman–Crippen MR) is 62.5 cm³/mol. The second-order valence-electron chi connectivity index (χ2n) is 4.48. The summed E-state index contributed by atoms with van der Waals surface area (Å²) in [5, 5.41) is 8.99. The molecule has 0 amide bonds. The first-order chi connectivity index (χ1) is 7.66. The Bertz CT molecular complexity index is 220. The minimum Gasteiger partial charge on any atom is -0.481 e. The number of hydrogen-bond donors (Lipinski definition) is 1. The molecule has 94 valence electrons. The van der Waals surface area contributed by atoms with Crippen LogP contribution in [0.1, 0.15) is 33.1 Å². The van der Waals surface area contributed by atoms with Crippen molar-refractivity contribution in [3.8, 4) is 0 Å². The van der Waals surface area contributed by atoms with Gasteiger partial charge in [0.15, 0.2) is 0 Å². The Morgan fingerprint density at radius 1 is 1.50 bits per heavy atom. The van der Waals surface area contributed by atoms with E-state index in [1.54, 1.807) is 0 Å². The third-order valence-electron chi connectivity index (χ3n) is 3.37. The van der Waals surface area contributed by atoms with Crippen LogP contribution in [0.2, 0.25) is 0 Å². The van der Waals surface area contributed by atoms with Gasteiger partial charge in [-0.3, -0.25) is 9.69 Å². The summed E-state index contributed by atoms with van der Waals surface area (Å²) < 4.78 is 5.49. The molecular formula is C12H23NO3. The number of ether oxygens (including phenoxy) is 1. The minimum atomic E-state index is -0.665. The third-order valence-corrected chi connectivity index (χ3v) is 3.37. The zero-order chi connectivity index (χ0) is 12.0. The highest BCUT2D eigenvalue weighted by atomic mass is 16.5. The Balaban J connectivity index is 2.16. The van der Waals surface area contributed by atoms with E-state index >= 15 is 0 Å². The predicted octanol–water partition coefficient (Wildman–Crippen LogP) is 1.60. The van der Waals surface area contributed by atoms with Gasteiger partial charge in [0.2, 0.25) is 0 Å². The molecule has 2 unspecified atom stereocenters. The van der Waals surface area contributed by atoms with Crippen LogP contribution in [0.5, 0.6) is 0 Å². The van der Waals surface area contributed by atoms with E-state index in [4.69, 9.17) is 9.84 Å². The van der Waals surface area contributed by atoms with Crippen LogP contribution in [0.25, 0.3) is 0 Å². The zero-order valence-corrected chi connectivity index (χ0v) is 10.3. The number of unbranched alkanes of at least 4 members (excludes halogenated alkanes) is 1. The van der Waals surface area contributed by atoms with Crippen LogP contribution in [0, 0.1) is 5.92 Å². The standard InChI is InChI=1S/C12H23NO3/c1-3-4-8-16-9-7-13-6-5-11(10(13)2)12(14)15/h10-11H,3-9H2,1-2H3,(H,14,15). The third kappa shape index (κ3) is 3.76. The van der Waals surface area contributed by atoms with Crippen molar-refractivity contribution < 1.29 is 14.6 Å². The Kier molecular flexibility index (Phi) is 5.77. The quantitative estimate of drug-likeness (QED) is 0.674. The van der Waals surface area contributed by atoms with Gasteiger partial charge in [0, 0.05) is 19.2 Å². The maximum absolute atomic E-state index is 10.9. The van der Waals surface area contributed by atoms with Gasteiger partial charge >= 0.3 is 5.97 Å². The summed E-state index contributed by atoms with van der Waals surface area (Å²) >= 11 is 0. The molecule has 1 aliphatic rings. The molecule has 1 N–H and O–H groups in total. The van der Waals surface area contributed by atoms with Crippen molar-refractivity contribution in [2.45, 2.75) is 39.2 Å². The van der Waals surface area contributed by atoms with Crippen molar-refractivity contribution in [1.29, 1.82) is 0 Å². The number of carboxylic acid groups (broad SMARTS) is 1. The van der Waals surface area contributed by atoms with E-state index in [1.807, 2.05) is 6.92 Å². The van der Waals surface area contributed by atoms with Gasteiger partial charge in [0.1, 0.15) is 0 Å². The molecule has 0 radical (unpaired) electrons. The van der Waals surface area contributed by atoms with Gasteiger partial charge < -0.3 is 9.84 Å². The summed E-state index contributed by atoms with van der Waals surface area (Å²) in [5.41, 5.74) is 0. The number of aliphatic carboxylic acids is 1. The molecule has 4 heteroatoms. The second kappa shape index (κ2) is 6.86. The first kappa shape index (κ1) is 13.5. The largest absolute Gasteiger partial charge is 0.481 e. The molecule has 1 heterocycles. The number of carboxylic acids is 1. The van der Waals surface area contributed by atoms with Crippen molar-refractivity contribution in [3.63, 3.8) is 0 Å². The first-order valence-electron chi connectivity index (χ1n) is 6.21. The van der Waals surface area contributed by atoms with Crippen LogP contribution >= 0.6 is 0 Å². The van der Waals surface area contributed by atoms with Crippen molar-refractivity contribution in [3.05, 3.63) is 0 Å². The van der Waals surface area contributed by atoms with E-state index in [0.29, 0.717) is 0 Å². The number of carbonyl (C=O) groups is 1. The average Bonchev–Trinajstić information content (AvgIpc) is 2.60. The van der Waals surface area contributed by atoms with Crippen molar-refractivity contribution in [1.82, 2.24) is 4.90 Å². The Labute approximate surface area is 97.6 Å². The van der Waals surface area contributed by atoms with Crippen LogP contribution in [-0.4, -0.2) is 48.3 Å². The Hall–Kier alpha value is -0.610. The van der Waals surface area contributed by atoms with E-state index < -0.39 is 5.97 Å².